The molecule has 0 bridgehead atoms. The summed E-state index contributed by atoms with van der Waals surface area (Å²) in [5, 5.41) is 7.10. The second-order valence-electron chi connectivity index (χ2n) is 3.86. The average molecular weight is 339 g/mol. The van der Waals surface area contributed by atoms with Gasteiger partial charge in [0.15, 0.2) is 5.16 Å². The monoisotopic (exact) mass is 338 g/mol. The number of hydrogen-bond acceptors (Lipinski definition) is 5. The molecule has 0 fully saturated rings. The second kappa shape index (κ2) is 6.77. The molecular weight excluding hydrogens is 324 g/mol. The van der Waals surface area contributed by atoms with Gasteiger partial charge in [-0.2, -0.15) is 0 Å². The van der Waals surface area contributed by atoms with Gasteiger partial charge in [0.25, 0.3) is 0 Å². The molecule has 2 aromatic rings. The fraction of sp³-hybridized carbons (Fsp3) is 0.231. The lowest BCUT2D eigenvalue weighted by Gasteiger charge is -2.09. The summed E-state index contributed by atoms with van der Waals surface area (Å²) in [6.45, 7) is 0.730. The molecule has 2 N–H and O–H groups in total. The third-order valence-corrected chi connectivity index (χ3v) is 3.55. The quantitative estimate of drug-likeness (QED) is 0.644. The molecule has 0 amide bonds. The van der Waals surface area contributed by atoms with E-state index >= 15 is 0 Å². The molecule has 1 aromatic carbocycles. The van der Waals surface area contributed by atoms with Gasteiger partial charge in [-0.25, -0.2) is 9.97 Å². The zero-order chi connectivity index (χ0) is 13.7. The number of thioether (sulfide) groups is 1. The molecule has 1 heterocycles. The number of nitrogens with zero attached hydrogens (tertiary/aromatic N) is 2. The summed E-state index contributed by atoms with van der Waals surface area (Å²) in [5.74, 6) is 1.64. The van der Waals surface area contributed by atoms with Gasteiger partial charge in [-0.05, 0) is 24.0 Å². The number of nitrogens with one attached hydrogen (secondary N) is 2. The lowest BCUT2D eigenvalue weighted by Crippen LogP contribution is -2.04. The second-order valence-corrected chi connectivity index (χ2v) is 5.55. The molecule has 100 valence electrons. The molecule has 0 aliphatic rings. The summed E-state index contributed by atoms with van der Waals surface area (Å²) in [6.07, 6.45) is 1.97. The van der Waals surface area contributed by atoms with Crippen LogP contribution in [0.15, 0.2) is 40.0 Å². The molecule has 6 heteroatoms. The summed E-state index contributed by atoms with van der Waals surface area (Å²) in [7, 11) is 1.85. The van der Waals surface area contributed by atoms with Crippen molar-refractivity contribution in [1.82, 2.24) is 9.97 Å². The highest BCUT2D eigenvalue weighted by Gasteiger charge is 2.03. The minimum absolute atomic E-state index is 0.730. The van der Waals surface area contributed by atoms with Crippen molar-refractivity contribution < 1.29 is 0 Å². The van der Waals surface area contributed by atoms with Crippen molar-refractivity contribution in [2.45, 2.75) is 11.7 Å². The maximum atomic E-state index is 4.43. The number of benzene rings is 1. The highest BCUT2D eigenvalue weighted by Crippen LogP contribution is 2.18. The van der Waals surface area contributed by atoms with E-state index in [2.05, 4.69) is 48.7 Å². The molecule has 2 rings (SSSR count). The van der Waals surface area contributed by atoms with Gasteiger partial charge in [0.1, 0.15) is 11.6 Å². The molecule has 19 heavy (non-hydrogen) atoms. The van der Waals surface area contributed by atoms with Gasteiger partial charge in [-0.1, -0.05) is 39.8 Å². The zero-order valence-electron chi connectivity index (χ0n) is 10.8. The minimum atomic E-state index is 0.730. The van der Waals surface area contributed by atoms with Gasteiger partial charge >= 0.3 is 0 Å². The highest BCUT2D eigenvalue weighted by atomic mass is 79.9. The van der Waals surface area contributed by atoms with Crippen molar-refractivity contribution >= 4 is 39.3 Å². The van der Waals surface area contributed by atoms with Crippen molar-refractivity contribution in [1.29, 1.82) is 0 Å². The zero-order valence-corrected chi connectivity index (χ0v) is 13.2. The first-order valence-corrected chi connectivity index (χ1v) is 7.82. The van der Waals surface area contributed by atoms with E-state index in [1.807, 2.05) is 31.5 Å². The molecular formula is C13H15BrN4S. The van der Waals surface area contributed by atoms with Crippen LogP contribution in [0.5, 0.6) is 0 Å². The van der Waals surface area contributed by atoms with E-state index < -0.39 is 0 Å². The summed E-state index contributed by atoms with van der Waals surface area (Å²) in [4.78, 5) is 8.76. The molecule has 0 aliphatic heterocycles. The van der Waals surface area contributed by atoms with E-state index in [1.165, 1.54) is 17.3 Å². The highest BCUT2D eigenvalue weighted by molar-refractivity contribution is 9.10. The fourth-order valence-electron chi connectivity index (χ4n) is 1.57. The minimum Gasteiger partial charge on any atom is -0.373 e. The van der Waals surface area contributed by atoms with Crippen LogP contribution >= 0.6 is 27.7 Å². The van der Waals surface area contributed by atoms with Crippen LogP contribution in [0.1, 0.15) is 5.56 Å². The molecule has 4 nitrogen and oxygen atoms in total. The molecule has 0 saturated carbocycles. The Labute approximate surface area is 125 Å². The first-order chi connectivity index (χ1) is 9.21. The van der Waals surface area contributed by atoms with E-state index in [4.69, 9.17) is 0 Å². The lowest BCUT2D eigenvalue weighted by molar-refractivity contribution is 0.958. The van der Waals surface area contributed by atoms with Gasteiger partial charge in [-0.15, -0.1) is 0 Å². The van der Waals surface area contributed by atoms with Crippen LogP contribution in [-0.4, -0.2) is 23.3 Å². The van der Waals surface area contributed by atoms with Crippen LogP contribution in [0.2, 0.25) is 0 Å². The van der Waals surface area contributed by atoms with Crippen molar-refractivity contribution in [3.8, 4) is 0 Å². The molecule has 0 radical (unpaired) electrons. The number of aromatic nitrogens is 2. The molecule has 0 atom stereocenters. The maximum absolute atomic E-state index is 4.43. The smallest absolute Gasteiger partial charge is 0.191 e. The molecule has 0 saturated heterocycles. The van der Waals surface area contributed by atoms with Crippen LogP contribution in [0, 0.1) is 0 Å². The Balaban J connectivity index is 2.10. The van der Waals surface area contributed by atoms with Crippen molar-refractivity contribution in [3.63, 3.8) is 0 Å². The Kier molecular flexibility index (Phi) is 5.04. The summed E-state index contributed by atoms with van der Waals surface area (Å²) in [5.41, 5.74) is 1.20. The first-order valence-electron chi connectivity index (χ1n) is 5.80. The summed E-state index contributed by atoms with van der Waals surface area (Å²) >= 11 is 4.99. The lowest BCUT2D eigenvalue weighted by atomic mass is 10.2. The Hall–Kier alpha value is -1.27. The van der Waals surface area contributed by atoms with Gasteiger partial charge in [0.2, 0.25) is 0 Å². The standard InChI is InChI=1S/C13H15BrN4S/c1-15-11-7-12(18-13(17-11)19-2)16-8-9-4-3-5-10(14)6-9/h3-7H,8H2,1-2H3,(H2,15,16,17,18). The molecule has 0 aliphatic carbocycles. The fourth-order valence-corrected chi connectivity index (χ4v) is 2.40. The maximum Gasteiger partial charge on any atom is 0.191 e. The number of rotatable bonds is 5. The number of anilines is 2. The van der Waals surface area contributed by atoms with Crippen molar-refractivity contribution in [3.05, 3.63) is 40.4 Å². The third-order valence-electron chi connectivity index (χ3n) is 2.51. The van der Waals surface area contributed by atoms with Crippen LogP contribution < -0.4 is 10.6 Å². The van der Waals surface area contributed by atoms with Gasteiger partial charge in [0, 0.05) is 24.1 Å². The van der Waals surface area contributed by atoms with E-state index in [0.29, 0.717) is 0 Å². The number of hydrogen-bond donors (Lipinski definition) is 2. The Morgan fingerprint density at radius 2 is 2.00 bits per heavy atom. The average Bonchev–Trinajstić information content (AvgIpc) is 2.44. The Morgan fingerprint density at radius 3 is 2.68 bits per heavy atom. The van der Waals surface area contributed by atoms with Crippen molar-refractivity contribution in [2.24, 2.45) is 0 Å². The molecule has 1 aromatic heterocycles. The van der Waals surface area contributed by atoms with E-state index in [9.17, 15) is 0 Å². The van der Waals surface area contributed by atoms with E-state index in [1.54, 1.807) is 0 Å². The van der Waals surface area contributed by atoms with Gasteiger partial charge in [-0.3, -0.25) is 0 Å². The molecule has 0 unspecified atom stereocenters. The normalized spacial score (nSPS) is 10.3. The van der Waals surface area contributed by atoms with E-state index in [0.717, 1.165) is 27.8 Å². The van der Waals surface area contributed by atoms with Crippen LogP contribution in [-0.2, 0) is 6.54 Å². The van der Waals surface area contributed by atoms with Crippen LogP contribution in [0.25, 0.3) is 0 Å². The largest absolute Gasteiger partial charge is 0.373 e. The van der Waals surface area contributed by atoms with Crippen LogP contribution in [0.3, 0.4) is 0 Å². The first kappa shape index (κ1) is 14.1. The van der Waals surface area contributed by atoms with Crippen LogP contribution in [0.4, 0.5) is 11.6 Å². The summed E-state index contributed by atoms with van der Waals surface area (Å²) < 4.78 is 1.08. The summed E-state index contributed by atoms with van der Waals surface area (Å²) in [6, 6.07) is 10.1. The Morgan fingerprint density at radius 1 is 1.21 bits per heavy atom. The van der Waals surface area contributed by atoms with Crippen molar-refractivity contribution in [2.75, 3.05) is 23.9 Å². The van der Waals surface area contributed by atoms with E-state index in [-0.39, 0.29) is 0 Å². The molecule has 0 spiro atoms. The predicted octanol–water partition coefficient (Wildman–Crippen LogP) is 3.61. The SMILES string of the molecule is CNc1cc(NCc2cccc(Br)c2)nc(SC)n1. The third kappa shape index (κ3) is 4.11. The van der Waals surface area contributed by atoms with Gasteiger partial charge in [0.05, 0.1) is 0 Å². The predicted molar refractivity (Wildman–Crippen MR) is 84.8 cm³/mol. The number of halogens is 1. The van der Waals surface area contributed by atoms with Gasteiger partial charge < -0.3 is 10.6 Å². The Bertz CT molecular complexity index is 540. The topological polar surface area (TPSA) is 49.8 Å².